The zero-order chi connectivity index (χ0) is 12.8. The van der Waals surface area contributed by atoms with Crippen molar-refractivity contribution in [3.05, 3.63) is 23.0 Å². The molecule has 1 N–H and O–H groups in total. The van der Waals surface area contributed by atoms with Gasteiger partial charge in [-0.1, -0.05) is 0 Å². The summed E-state index contributed by atoms with van der Waals surface area (Å²) in [6.07, 6.45) is -11.8. The molecule has 0 fully saturated rings. The SMILES string of the molecule is [CH2]c1csc(C(O)(C(F)(F)F)C(F)(F)F)n1. The number of rotatable bonds is 1. The topological polar surface area (TPSA) is 33.1 Å². The highest BCUT2D eigenvalue weighted by molar-refractivity contribution is 7.09. The zero-order valence-electron chi connectivity index (χ0n) is 7.35. The van der Waals surface area contributed by atoms with E-state index in [0.717, 1.165) is 5.38 Å². The molecular formula is C7H4F6NOS. The molecule has 0 bridgehead atoms. The lowest BCUT2D eigenvalue weighted by molar-refractivity contribution is -0.376. The molecule has 0 unspecified atom stereocenters. The maximum absolute atomic E-state index is 12.3. The second kappa shape index (κ2) is 3.59. The van der Waals surface area contributed by atoms with Gasteiger partial charge in [-0.15, -0.1) is 11.3 Å². The molecule has 0 aliphatic heterocycles. The Kier molecular flexibility index (Phi) is 2.97. The summed E-state index contributed by atoms with van der Waals surface area (Å²) in [5.41, 5.74) is -5.22. The minimum Gasteiger partial charge on any atom is -0.368 e. The van der Waals surface area contributed by atoms with Crippen LogP contribution in [-0.2, 0) is 5.60 Å². The van der Waals surface area contributed by atoms with E-state index in [4.69, 9.17) is 5.11 Å². The Morgan fingerprint density at radius 3 is 1.81 bits per heavy atom. The van der Waals surface area contributed by atoms with Crippen molar-refractivity contribution < 1.29 is 31.4 Å². The molecule has 0 saturated heterocycles. The predicted molar refractivity (Wildman–Crippen MR) is 42.6 cm³/mol. The van der Waals surface area contributed by atoms with Gasteiger partial charge < -0.3 is 5.11 Å². The fraction of sp³-hybridized carbons (Fsp3) is 0.429. The van der Waals surface area contributed by atoms with Crippen molar-refractivity contribution >= 4 is 11.3 Å². The van der Waals surface area contributed by atoms with Crippen molar-refractivity contribution in [2.75, 3.05) is 0 Å². The van der Waals surface area contributed by atoms with E-state index in [1.165, 1.54) is 0 Å². The van der Waals surface area contributed by atoms with Crippen molar-refractivity contribution in [3.63, 3.8) is 0 Å². The third-order valence-electron chi connectivity index (χ3n) is 1.68. The molecule has 1 heterocycles. The lowest BCUT2D eigenvalue weighted by Gasteiger charge is -2.30. The number of halogens is 6. The van der Waals surface area contributed by atoms with Crippen LogP contribution in [0.25, 0.3) is 0 Å². The predicted octanol–water partition coefficient (Wildman–Crippen LogP) is 2.64. The summed E-state index contributed by atoms with van der Waals surface area (Å²) < 4.78 is 73.6. The van der Waals surface area contributed by atoms with Crippen molar-refractivity contribution in [1.82, 2.24) is 4.98 Å². The Hall–Kier alpha value is -0.830. The maximum Gasteiger partial charge on any atom is 0.433 e. The van der Waals surface area contributed by atoms with Gasteiger partial charge in [0.15, 0.2) is 0 Å². The van der Waals surface area contributed by atoms with Crippen molar-refractivity contribution in [2.45, 2.75) is 18.0 Å². The summed E-state index contributed by atoms with van der Waals surface area (Å²) in [6, 6.07) is 0. The van der Waals surface area contributed by atoms with Crippen LogP contribution >= 0.6 is 11.3 Å². The van der Waals surface area contributed by atoms with Gasteiger partial charge in [0.2, 0.25) is 0 Å². The first-order chi connectivity index (χ1) is 7.00. The average molecular weight is 264 g/mol. The van der Waals surface area contributed by atoms with Crippen LogP contribution in [0.1, 0.15) is 10.7 Å². The minimum atomic E-state index is -5.89. The summed E-state index contributed by atoms with van der Waals surface area (Å²) in [5, 5.41) is 8.24. The molecule has 0 atom stereocenters. The lowest BCUT2D eigenvalue weighted by Crippen LogP contribution is -2.53. The highest BCUT2D eigenvalue weighted by Crippen LogP contribution is 2.50. The molecule has 2 nitrogen and oxygen atoms in total. The van der Waals surface area contributed by atoms with E-state index in [9.17, 15) is 26.3 Å². The maximum atomic E-state index is 12.3. The molecule has 0 aliphatic carbocycles. The molecule has 16 heavy (non-hydrogen) atoms. The third-order valence-corrected chi connectivity index (χ3v) is 2.68. The van der Waals surface area contributed by atoms with Gasteiger partial charge in [-0.05, 0) is 6.92 Å². The third kappa shape index (κ3) is 1.88. The van der Waals surface area contributed by atoms with Crippen LogP contribution in [0.15, 0.2) is 5.38 Å². The molecule has 0 saturated carbocycles. The van der Waals surface area contributed by atoms with E-state index in [0.29, 0.717) is 0 Å². The quantitative estimate of drug-likeness (QED) is 0.791. The lowest BCUT2D eigenvalue weighted by atomic mass is 10.0. The molecule has 1 aromatic rings. The Balaban J connectivity index is 3.38. The summed E-state index contributed by atoms with van der Waals surface area (Å²) in [6.45, 7) is 3.07. The van der Waals surface area contributed by atoms with Gasteiger partial charge in [0.25, 0.3) is 0 Å². The number of aromatic nitrogens is 1. The van der Waals surface area contributed by atoms with Crippen LogP contribution in [0.3, 0.4) is 0 Å². The van der Waals surface area contributed by atoms with Crippen LogP contribution in [0, 0.1) is 6.92 Å². The molecule has 0 spiro atoms. The van der Waals surface area contributed by atoms with Gasteiger partial charge in [0, 0.05) is 5.38 Å². The summed E-state index contributed by atoms with van der Waals surface area (Å²) >= 11 is 0.0466. The molecule has 0 aliphatic rings. The second-order valence-corrected chi connectivity index (χ2v) is 3.71. The van der Waals surface area contributed by atoms with E-state index in [-0.39, 0.29) is 17.0 Å². The normalized spacial score (nSPS) is 14.2. The summed E-state index contributed by atoms with van der Waals surface area (Å²) in [7, 11) is 0. The van der Waals surface area contributed by atoms with E-state index in [1.807, 2.05) is 0 Å². The smallest absolute Gasteiger partial charge is 0.368 e. The number of alkyl halides is 6. The van der Waals surface area contributed by atoms with Crippen LogP contribution in [0.4, 0.5) is 26.3 Å². The zero-order valence-corrected chi connectivity index (χ0v) is 8.17. The van der Waals surface area contributed by atoms with E-state index < -0.39 is 23.0 Å². The van der Waals surface area contributed by atoms with Crippen LogP contribution in [0.5, 0.6) is 0 Å². The van der Waals surface area contributed by atoms with Gasteiger partial charge in [-0.25, -0.2) is 4.98 Å². The number of aliphatic hydroxyl groups is 1. The fourth-order valence-corrected chi connectivity index (χ4v) is 1.75. The molecule has 1 radical (unpaired) electrons. The van der Waals surface area contributed by atoms with E-state index >= 15 is 0 Å². The molecule has 0 aromatic carbocycles. The number of hydrogen-bond acceptors (Lipinski definition) is 3. The van der Waals surface area contributed by atoms with Gasteiger partial charge in [0.1, 0.15) is 5.01 Å². The highest BCUT2D eigenvalue weighted by atomic mass is 32.1. The van der Waals surface area contributed by atoms with Crippen molar-refractivity contribution in [3.8, 4) is 0 Å². The first-order valence-electron chi connectivity index (χ1n) is 3.64. The monoisotopic (exact) mass is 264 g/mol. The Morgan fingerprint density at radius 2 is 1.56 bits per heavy atom. The molecular weight excluding hydrogens is 260 g/mol. The molecule has 9 heteroatoms. The number of hydrogen-bond donors (Lipinski definition) is 1. The first-order valence-corrected chi connectivity index (χ1v) is 4.52. The van der Waals surface area contributed by atoms with Gasteiger partial charge >= 0.3 is 18.0 Å². The van der Waals surface area contributed by atoms with Crippen molar-refractivity contribution in [2.24, 2.45) is 0 Å². The average Bonchev–Trinajstić information content (AvgIpc) is 2.46. The number of nitrogens with zero attached hydrogens (tertiary/aromatic N) is 1. The molecule has 0 amide bonds. The highest BCUT2D eigenvalue weighted by Gasteiger charge is 2.73. The van der Waals surface area contributed by atoms with Gasteiger partial charge in [-0.3, -0.25) is 0 Å². The summed E-state index contributed by atoms with van der Waals surface area (Å²) in [4.78, 5) is 2.93. The van der Waals surface area contributed by atoms with Crippen LogP contribution < -0.4 is 0 Å². The molecule has 91 valence electrons. The fourth-order valence-electron chi connectivity index (χ4n) is 0.876. The number of thiazole rings is 1. The van der Waals surface area contributed by atoms with Crippen molar-refractivity contribution in [1.29, 1.82) is 0 Å². The van der Waals surface area contributed by atoms with Gasteiger partial charge in [0.05, 0.1) is 5.69 Å². The van der Waals surface area contributed by atoms with Crippen LogP contribution in [-0.4, -0.2) is 22.4 Å². The Bertz CT molecular complexity index is 367. The minimum absolute atomic E-state index is 0.0466. The summed E-state index contributed by atoms with van der Waals surface area (Å²) in [5.74, 6) is 0. The molecule has 1 rings (SSSR count). The van der Waals surface area contributed by atoms with E-state index in [1.54, 1.807) is 0 Å². The van der Waals surface area contributed by atoms with E-state index in [2.05, 4.69) is 11.9 Å². The largest absolute Gasteiger partial charge is 0.433 e. The molecule has 1 aromatic heterocycles. The van der Waals surface area contributed by atoms with Gasteiger partial charge in [-0.2, -0.15) is 26.3 Å². The Morgan fingerprint density at radius 1 is 1.12 bits per heavy atom. The second-order valence-electron chi connectivity index (χ2n) is 2.85. The first kappa shape index (κ1) is 13.2. The van der Waals surface area contributed by atoms with Crippen LogP contribution in [0.2, 0.25) is 0 Å². The Labute approximate surface area is 89.5 Å². The standard InChI is InChI=1S/C7H4F6NOS/c1-3-2-16-4(14-3)5(15,6(8,9)10)7(11,12)13/h2,15H,1H2.